The minimum absolute atomic E-state index is 0.374. The minimum atomic E-state index is -0.502. The van der Waals surface area contributed by atoms with Gasteiger partial charge in [-0.1, -0.05) is 0 Å². The first-order valence-electron chi connectivity index (χ1n) is 2.50. The second-order valence-corrected chi connectivity index (χ2v) is 1.74. The molecule has 9 heavy (non-hydrogen) atoms. The molecule has 0 radical (unpaired) electrons. The molecule has 0 saturated heterocycles. The van der Waals surface area contributed by atoms with E-state index in [1.54, 1.807) is 0 Å². The van der Waals surface area contributed by atoms with Gasteiger partial charge in [0.15, 0.2) is 0 Å². The van der Waals surface area contributed by atoms with Gasteiger partial charge in [-0.25, -0.2) is 0 Å². The number of methoxy groups -OCH3 is 1. The Morgan fingerprint density at radius 2 is 2.44 bits per heavy atom. The van der Waals surface area contributed by atoms with E-state index in [-0.39, 0.29) is 0 Å². The summed E-state index contributed by atoms with van der Waals surface area (Å²) in [7, 11) is 1.49. The van der Waals surface area contributed by atoms with Crippen LogP contribution < -0.4 is 0 Å². The Labute approximate surface area is 60.0 Å². The van der Waals surface area contributed by atoms with Crippen molar-refractivity contribution in [2.45, 2.75) is 12.0 Å². The average molecular weight is 147 g/mol. The smallest absolute Gasteiger partial charge is 0.203 e. The van der Waals surface area contributed by atoms with Crippen molar-refractivity contribution >= 4 is 12.6 Å². The summed E-state index contributed by atoms with van der Waals surface area (Å²) in [6.07, 6.45) is 0.375. The predicted molar refractivity (Wildman–Crippen MR) is 36.0 cm³/mol. The van der Waals surface area contributed by atoms with Crippen molar-refractivity contribution in [3.8, 4) is 6.07 Å². The summed E-state index contributed by atoms with van der Waals surface area (Å²) in [6.45, 7) is 0.374. The Balaban J connectivity index is 2.99. The SMILES string of the molecule is COC(S)OCCC#N. The molecule has 0 N–H and O–H groups in total. The van der Waals surface area contributed by atoms with Gasteiger partial charge in [0.1, 0.15) is 0 Å². The molecule has 0 heterocycles. The molecule has 0 amide bonds. The van der Waals surface area contributed by atoms with Crippen LogP contribution in [0.25, 0.3) is 0 Å². The third-order valence-corrected chi connectivity index (χ3v) is 1.04. The molecule has 0 rings (SSSR count). The third-order valence-electron chi connectivity index (χ3n) is 0.676. The number of nitrogens with zero attached hydrogens (tertiary/aromatic N) is 1. The number of hydrogen-bond donors (Lipinski definition) is 1. The molecule has 0 saturated carbocycles. The van der Waals surface area contributed by atoms with E-state index >= 15 is 0 Å². The zero-order chi connectivity index (χ0) is 7.11. The first-order chi connectivity index (χ1) is 4.31. The van der Waals surface area contributed by atoms with Gasteiger partial charge in [0.2, 0.25) is 5.62 Å². The van der Waals surface area contributed by atoms with E-state index in [1.807, 2.05) is 6.07 Å². The highest BCUT2D eigenvalue weighted by Crippen LogP contribution is 1.97. The molecule has 3 nitrogen and oxygen atoms in total. The van der Waals surface area contributed by atoms with E-state index in [9.17, 15) is 0 Å². The third kappa shape index (κ3) is 5.63. The number of ether oxygens (including phenoxy) is 2. The number of thiol groups is 1. The van der Waals surface area contributed by atoms with Crippen molar-refractivity contribution in [3.05, 3.63) is 0 Å². The van der Waals surface area contributed by atoms with Gasteiger partial charge in [0.05, 0.1) is 19.1 Å². The highest BCUT2D eigenvalue weighted by molar-refractivity contribution is 7.80. The van der Waals surface area contributed by atoms with Gasteiger partial charge in [-0.3, -0.25) is 0 Å². The van der Waals surface area contributed by atoms with E-state index in [4.69, 9.17) is 10.00 Å². The molecule has 4 heteroatoms. The zero-order valence-corrected chi connectivity index (χ0v) is 6.10. The number of rotatable bonds is 4. The number of nitriles is 1. The average Bonchev–Trinajstić information content (AvgIpc) is 1.89. The molecular weight excluding hydrogens is 138 g/mol. The van der Waals surface area contributed by atoms with Crippen LogP contribution in [0.1, 0.15) is 6.42 Å². The first kappa shape index (κ1) is 8.76. The Morgan fingerprint density at radius 3 is 2.89 bits per heavy atom. The maximum Gasteiger partial charge on any atom is 0.203 e. The fraction of sp³-hybridized carbons (Fsp3) is 0.800. The lowest BCUT2D eigenvalue weighted by Gasteiger charge is -2.06. The second-order valence-electron chi connectivity index (χ2n) is 1.32. The van der Waals surface area contributed by atoms with Gasteiger partial charge >= 0.3 is 0 Å². The quantitative estimate of drug-likeness (QED) is 0.363. The fourth-order valence-electron chi connectivity index (χ4n) is 0.273. The molecule has 0 aromatic carbocycles. The molecule has 0 aromatic rings. The van der Waals surface area contributed by atoms with E-state index in [0.29, 0.717) is 13.0 Å². The van der Waals surface area contributed by atoms with Gasteiger partial charge in [-0.2, -0.15) is 5.26 Å². The van der Waals surface area contributed by atoms with Crippen LogP contribution >= 0.6 is 12.6 Å². The van der Waals surface area contributed by atoms with Gasteiger partial charge in [0.25, 0.3) is 0 Å². The summed E-state index contributed by atoms with van der Waals surface area (Å²) in [4.78, 5) is 0. The topological polar surface area (TPSA) is 42.2 Å². The first-order valence-corrected chi connectivity index (χ1v) is 3.02. The molecule has 0 fully saturated rings. The Hall–Kier alpha value is -0.240. The van der Waals surface area contributed by atoms with Gasteiger partial charge in [0, 0.05) is 7.11 Å². The maximum absolute atomic E-state index is 8.06. The highest BCUT2D eigenvalue weighted by atomic mass is 32.1. The number of hydrogen-bond acceptors (Lipinski definition) is 4. The monoisotopic (exact) mass is 147 g/mol. The molecule has 1 unspecified atom stereocenters. The fourth-order valence-corrected chi connectivity index (χ4v) is 0.379. The van der Waals surface area contributed by atoms with Crippen LogP contribution in [-0.4, -0.2) is 19.3 Å². The minimum Gasteiger partial charge on any atom is -0.347 e. The zero-order valence-electron chi connectivity index (χ0n) is 5.20. The van der Waals surface area contributed by atoms with Crippen LogP contribution in [-0.2, 0) is 9.47 Å². The second kappa shape index (κ2) is 5.89. The van der Waals surface area contributed by atoms with Crippen molar-refractivity contribution in [2.24, 2.45) is 0 Å². The Kier molecular flexibility index (Phi) is 5.73. The van der Waals surface area contributed by atoms with Crippen LogP contribution in [0, 0.1) is 11.3 Å². The van der Waals surface area contributed by atoms with Gasteiger partial charge in [-0.15, -0.1) is 12.6 Å². The molecular formula is C5H9NO2S. The van der Waals surface area contributed by atoms with Crippen molar-refractivity contribution in [2.75, 3.05) is 13.7 Å². The Morgan fingerprint density at radius 1 is 1.78 bits per heavy atom. The lowest BCUT2D eigenvalue weighted by molar-refractivity contribution is -0.0566. The molecule has 0 aliphatic heterocycles. The van der Waals surface area contributed by atoms with E-state index < -0.39 is 5.62 Å². The van der Waals surface area contributed by atoms with Gasteiger partial charge in [-0.05, 0) is 0 Å². The summed E-state index contributed by atoms with van der Waals surface area (Å²) in [5.74, 6) is 0. The molecule has 0 bridgehead atoms. The molecule has 52 valence electrons. The van der Waals surface area contributed by atoms with Crippen molar-refractivity contribution < 1.29 is 9.47 Å². The van der Waals surface area contributed by atoms with Crippen molar-refractivity contribution in [1.29, 1.82) is 5.26 Å². The Bertz CT molecular complexity index is 102. The summed E-state index contributed by atoms with van der Waals surface area (Å²) in [5.41, 5.74) is -0.502. The molecule has 0 aliphatic rings. The summed E-state index contributed by atoms with van der Waals surface area (Å²) < 4.78 is 9.48. The maximum atomic E-state index is 8.06. The molecule has 0 spiro atoms. The van der Waals surface area contributed by atoms with Crippen LogP contribution in [0.2, 0.25) is 0 Å². The van der Waals surface area contributed by atoms with E-state index in [0.717, 1.165) is 0 Å². The normalized spacial score (nSPS) is 12.6. The van der Waals surface area contributed by atoms with Crippen LogP contribution in [0.4, 0.5) is 0 Å². The van der Waals surface area contributed by atoms with Crippen LogP contribution in [0.3, 0.4) is 0 Å². The summed E-state index contributed by atoms with van der Waals surface area (Å²) >= 11 is 3.85. The summed E-state index contributed by atoms with van der Waals surface area (Å²) in [5, 5.41) is 8.06. The predicted octanol–water partition coefficient (Wildman–Crippen LogP) is 0.776. The van der Waals surface area contributed by atoms with E-state index in [2.05, 4.69) is 17.4 Å². The van der Waals surface area contributed by atoms with Crippen molar-refractivity contribution in [1.82, 2.24) is 0 Å². The highest BCUT2D eigenvalue weighted by Gasteiger charge is 1.96. The van der Waals surface area contributed by atoms with E-state index in [1.165, 1.54) is 7.11 Å². The lowest BCUT2D eigenvalue weighted by Crippen LogP contribution is -2.07. The van der Waals surface area contributed by atoms with Crippen LogP contribution in [0.15, 0.2) is 0 Å². The molecule has 1 atom stereocenters. The van der Waals surface area contributed by atoms with Crippen LogP contribution in [0.5, 0.6) is 0 Å². The van der Waals surface area contributed by atoms with Gasteiger partial charge < -0.3 is 9.47 Å². The van der Waals surface area contributed by atoms with Crippen molar-refractivity contribution in [3.63, 3.8) is 0 Å². The lowest BCUT2D eigenvalue weighted by atomic mass is 10.5. The standard InChI is InChI=1S/C5H9NO2S/c1-7-5(9)8-4-2-3-6/h5,9H,2,4H2,1H3. The largest absolute Gasteiger partial charge is 0.347 e. The summed E-state index contributed by atoms with van der Waals surface area (Å²) in [6, 6.07) is 1.93. The molecule has 0 aliphatic carbocycles. The molecule has 0 aromatic heterocycles.